The second kappa shape index (κ2) is 7.12. The molecular formula is C13H21N3. The molecule has 3 nitrogen and oxygen atoms in total. The van der Waals surface area contributed by atoms with E-state index in [9.17, 15) is 0 Å². The highest BCUT2D eigenvalue weighted by molar-refractivity contribution is 5.05. The van der Waals surface area contributed by atoms with Crippen LogP contribution in [0, 0.1) is 0 Å². The van der Waals surface area contributed by atoms with E-state index in [0.29, 0.717) is 6.04 Å². The largest absolute Gasteiger partial charge is 0.309 e. The highest BCUT2D eigenvalue weighted by Crippen LogP contribution is 2.17. The lowest BCUT2D eigenvalue weighted by atomic mass is 10.0. The van der Waals surface area contributed by atoms with Crippen LogP contribution in [0.5, 0.6) is 0 Å². The Labute approximate surface area is 98.0 Å². The molecule has 88 valence electrons. The average molecular weight is 219 g/mol. The van der Waals surface area contributed by atoms with Crippen molar-refractivity contribution in [1.29, 1.82) is 0 Å². The maximum atomic E-state index is 4.31. The number of hydrogen-bond donors (Lipinski definition) is 1. The zero-order valence-electron chi connectivity index (χ0n) is 10.2. The minimum Gasteiger partial charge on any atom is -0.309 e. The number of allylic oxidation sites excluding steroid dienone is 1. The van der Waals surface area contributed by atoms with Gasteiger partial charge in [0.2, 0.25) is 0 Å². The van der Waals surface area contributed by atoms with Crippen molar-refractivity contribution in [2.24, 2.45) is 0 Å². The van der Waals surface area contributed by atoms with Crippen LogP contribution >= 0.6 is 0 Å². The van der Waals surface area contributed by atoms with Crippen LogP contribution in [0.15, 0.2) is 30.7 Å². The molecule has 0 aliphatic heterocycles. The van der Waals surface area contributed by atoms with Crippen molar-refractivity contribution < 1.29 is 0 Å². The Hall–Kier alpha value is -1.22. The van der Waals surface area contributed by atoms with E-state index in [1.807, 2.05) is 6.07 Å². The van der Waals surface area contributed by atoms with Crippen LogP contribution in [0.4, 0.5) is 0 Å². The van der Waals surface area contributed by atoms with Gasteiger partial charge in [-0.05, 0) is 38.8 Å². The van der Waals surface area contributed by atoms with Crippen molar-refractivity contribution in [3.63, 3.8) is 0 Å². The smallest absolute Gasteiger partial charge is 0.115 e. The molecule has 0 fully saturated rings. The van der Waals surface area contributed by atoms with Gasteiger partial charge in [-0.25, -0.2) is 9.97 Å². The average Bonchev–Trinajstić information content (AvgIpc) is 2.30. The molecule has 1 aromatic heterocycles. The zero-order valence-corrected chi connectivity index (χ0v) is 10.2. The van der Waals surface area contributed by atoms with Gasteiger partial charge in [0.25, 0.3) is 0 Å². The number of aromatic nitrogens is 2. The summed E-state index contributed by atoms with van der Waals surface area (Å²) in [7, 11) is 0. The maximum absolute atomic E-state index is 4.31. The zero-order chi connectivity index (χ0) is 11.8. The molecule has 1 aromatic rings. The number of rotatable bonds is 7. The van der Waals surface area contributed by atoms with Crippen molar-refractivity contribution in [1.82, 2.24) is 15.3 Å². The fourth-order valence-corrected chi connectivity index (χ4v) is 1.57. The minimum absolute atomic E-state index is 0.319. The first-order chi connectivity index (χ1) is 7.74. The fourth-order valence-electron chi connectivity index (χ4n) is 1.57. The SMILES string of the molecule is C=C(C)CCC(NCCC)c1ccncn1. The van der Waals surface area contributed by atoms with Gasteiger partial charge in [-0.2, -0.15) is 0 Å². The number of nitrogens with zero attached hydrogens (tertiary/aromatic N) is 2. The molecule has 0 bridgehead atoms. The molecule has 1 heterocycles. The van der Waals surface area contributed by atoms with Gasteiger partial charge < -0.3 is 5.32 Å². The molecule has 0 aliphatic rings. The molecule has 0 spiro atoms. The van der Waals surface area contributed by atoms with Crippen LogP contribution in [-0.4, -0.2) is 16.5 Å². The monoisotopic (exact) mass is 219 g/mol. The first-order valence-corrected chi connectivity index (χ1v) is 5.87. The highest BCUT2D eigenvalue weighted by Gasteiger charge is 2.11. The summed E-state index contributed by atoms with van der Waals surface area (Å²) in [6.45, 7) is 9.19. The summed E-state index contributed by atoms with van der Waals surface area (Å²) in [5.41, 5.74) is 2.29. The summed E-state index contributed by atoms with van der Waals surface area (Å²) >= 11 is 0. The summed E-state index contributed by atoms with van der Waals surface area (Å²) in [6.07, 6.45) is 6.62. The molecular weight excluding hydrogens is 198 g/mol. The molecule has 1 N–H and O–H groups in total. The second-order valence-corrected chi connectivity index (χ2v) is 4.14. The molecule has 3 heteroatoms. The predicted octanol–water partition coefficient (Wildman–Crippen LogP) is 2.87. The summed E-state index contributed by atoms with van der Waals surface area (Å²) in [5.74, 6) is 0. The van der Waals surface area contributed by atoms with Crippen LogP contribution in [0.25, 0.3) is 0 Å². The topological polar surface area (TPSA) is 37.8 Å². The van der Waals surface area contributed by atoms with Crippen LogP contribution in [0.1, 0.15) is 44.8 Å². The van der Waals surface area contributed by atoms with Crippen LogP contribution in [-0.2, 0) is 0 Å². The lowest BCUT2D eigenvalue weighted by molar-refractivity contribution is 0.487. The third-order valence-corrected chi connectivity index (χ3v) is 2.46. The molecule has 0 aliphatic carbocycles. The number of hydrogen-bond acceptors (Lipinski definition) is 3. The Balaban J connectivity index is 2.59. The van der Waals surface area contributed by atoms with Gasteiger partial charge in [0.05, 0.1) is 5.69 Å². The van der Waals surface area contributed by atoms with Gasteiger partial charge in [-0.1, -0.05) is 12.5 Å². The van der Waals surface area contributed by atoms with Gasteiger partial charge in [0, 0.05) is 12.2 Å². The summed E-state index contributed by atoms with van der Waals surface area (Å²) in [5, 5.41) is 3.51. The van der Waals surface area contributed by atoms with E-state index in [4.69, 9.17) is 0 Å². The summed E-state index contributed by atoms with van der Waals surface area (Å²) < 4.78 is 0. The predicted molar refractivity (Wildman–Crippen MR) is 67.1 cm³/mol. The fraction of sp³-hybridized carbons (Fsp3) is 0.538. The first-order valence-electron chi connectivity index (χ1n) is 5.87. The minimum atomic E-state index is 0.319. The number of nitrogens with one attached hydrogen (secondary N) is 1. The van der Waals surface area contributed by atoms with Crippen LogP contribution in [0.2, 0.25) is 0 Å². The third-order valence-electron chi connectivity index (χ3n) is 2.46. The molecule has 0 saturated heterocycles. The molecule has 0 radical (unpaired) electrons. The quantitative estimate of drug-likeness (QED) is 0.717. The van der Waals surface area contributed by atoms with Crippen molar-refractivity contribution in [2.45, 2.75) is 39.2 Å². The van der Waals surface area contributed by atoms with E-state index in [1.165, 1.54) is 5.57 Å². The van der Waals surface area contributed by atoms with Crippen molar-refractivity contribution >= 4 is 0 Å². The van der Waals surface area contributed by atoms with E-state index < -0.39 is 0 Å². The molecule has 0 amide bonds. The normalized spacial score (nSPS) is 12.4. The maximum Gasteiger partial charge on any atom is 0.115 e. The molecule has 16 heavy (non-hydrogen) atoms. The Kier molecular flexibility index (Phi) is 5.72. The van der Waals surface area contributed by atoms with E-state index in [-0.39, 0.29) is 0 Å². The molecule has 1 unspecified atom stereocenters. The summed E-state index contributed by atoms with van der Waals surface area (Å²) in [4.78, 5) is 8.25. The summed E-state index contributed by atoms with van der Waals surface area (Å²) in [6, 6.07) is 2.30. The Morgan fingerprint density at radius 3 is 2.94 bits per heavy atom. The Morgan fingerprint density at radius 2 is 2.38 bits per heavy atom. The Bertz CT molecular complexity index is 308. The van der Waals surface area contributed by atoms with E-state index in [2.05, 4.69) is 35.7 Å². The molecule has 1 rings (SSSR count). The van der Waals surface area contributed by atoms with Crippen molar-refractivity contribution in [3.8, 4) is 0 Å². The molecule has 1 atom stereocenters. The van der Waals surface area contributed by atoms with E-state index in [0.717, 1.165) is 31.5 Å². The van der Waals surface area contributed by atoms with Gasteiger partial charge in [-0.15, -0.1) is 6.58 Å². The second-order valence-electron chi connectivity index (χ2n) is 4.14. The third kappa shape index (κ3) is 4.53. The van der Waals surface area contributed by atoms with Gasteiger partial charge in [-0.3, -0.25) is 0 Å². The first kappa shape index (κ1) is 12.8. The van der Waals surface area contributed by atoms with Gasteiger partial charge in [0.15, 0.2) is 0 Å². The highest BCUT2D eigenvalue weighted by atomic mass is 14.9. The van der Waals surface area contributed by atoms with Gasteiger partial charge in [0.1, 0.15) is 6.33 Å². The van der Waals surface area contributed by atoms with Crippen molar-refractivity contribution in [2.75, 3.05) is 6.54 Å². The standard InChI is InChI=1S/C13H21N3/c1-4-8-15-12(6-5-11(2)3)13-7-9-14-10-16-13/h7,9-10,12,15H,2,4-6,8H2,1,3H3. The van der Waals surface area contributed by atoms with E-state index in [1.54, 1.807) is 12.5 Å². The van der Waals surface area contributed by atoms with E-state index >= 15 is 0 Å². The van der Waals surface area contributed by atoms with Crippen LogP contribution in [0.3, 0.4) is 0 Å². The Morgan fingerprint density at radius 1 is 1.56 bits per heavy atom. The van der Waals surface area contributed by atoms with Gasteiger partial charge >= 0.3 is 0 Å². The van der Waals surface area contributed by atoms with Crippen molar-refractivity contribution in [3.05, 3.63) is 36.4 Å². The lowest BCUT2D eigenvalue weighted by Gasteiger charge is -2.17. The lowest BCUT2D eigenvalue weighted by Crippen LogP contribution is -2.23. The molecule has 0 aromatic carbocycles. The van der Waals surface area contributed by atoms with Crippen LogP contribution < -0.4 is 5.32 Å². The molecule has 0 saturated carbocycles.